The Bertz CT molecular complexity index is 597. The Kier molecular flexibility index (Phi) is 7.59. The summed E-state index contributed by atoms with van der Waals surface area (Å²) in [4.78, 5) is 17.8. The Morgan fingerprint density at radius 1 is 1.26 bits per heavy atom. The molecular weight excluding hydrogens is 322 g/mol. The van der Waals surface area contributed by atoms with Gasteiger partial charge >= 0.3 is 6.03 Å². The SMILES string of the molecule is CCCN(CCOC)C(=O)n1cnc(S(=O)(=O)N(CC)CC)n1. The van der Waals surface area contributed by atoms with Crippen molar-refractivity contribution in [2.24, 2.45) is 0 Å². The van der Waals surface area contributed by atoms with Gasteiger partial charge in [-0.05, 0) is 6.42 Å². The van der Waals surface area contributed by atoms with Gasteiger partial charge in [0.15, 0.2) is 0 Å². The molecule has 0 unspecified atom stereocenters. The zero-order chi connectivity index (χ0) is 17.5. The van der Waals surface area contributed by atoms with E-state index in [9.17, 15) is 13.2 Å². The van der Waals surface area contributed by atoms with Gasteiger partial charge in [0.25, 0.3) is 15.2 Å². The summed E-state index contributed by atoms with van der Waals surface area (Å²) in [7, 11) is -2.22. The summed E-state index contributed by atoms with van der Waals surface area (Å²) in [5.74, 6) is 0. The van der Waals surface area contributed by atoms with Crippen molar-refractivity contribution in [3.8, 4) is 0 Å². The van der Waals surface area contributed by atoms with Crippen molar-refractivity contribution in [3.63, 3.8) is 0 Å². The van der Waals surface area contributed by atoms with E-state index in [0.29, 0.717) is 32.8 Å². The number of rotatable bonds is 9. The van der Waals surface area contributed by atoms with Gasteiger partial charge in [0, 0.05) is 33.3 Å². The van der Waals surface area contributed by atoms with E-state index in [0.717, 1.165) is 17.4 Å². The van der Waals surface area contributed by atoms with Crippen LogP contribution >= 0.6 is 0 Å². The van der Waals surface area contributed by atoms with Gasteiger partial charge in [0.2, 0.25) is 0 Å². The highest BCUT2D eigenvalue weighted by Gasteiger charge is 2.27. The summed E-state index contributed by atoms with van der Waals surface area (Å²) >= 11 is 0. The summed E-state index contributed by atoms with van der Waals surface area (Å²) in [5, 5.41) is 3.49. The minimum Gasteiger partial charge on any atom is -0.383 e. The third-order valence-electron chi connectivity index (χ3n) is 3.27. The smallest absolute Gasteiger partial charge is 0.346 e. The molecule has 10 heteroatoms. The summed E-state index contributed by atoms with van der Waals surface area (Å²) in [6.45, 7) is 7.37. The highest BCUT2D eigenvalue weighted by molar-refractivity contribution is 7.88. The quantitative estimate of drug-likeness (QED) is 0.650. The van der Waals surface area contributed by atoms with Gasteiger partial charge in [-0.15, -0.1) is 5.10 Å². The Labute approximate surface area is 137 Å². The van der Waals surface area contributed by atoms with Gasteiger partial charge in [0.05, 0.1) is 6.61 Å². The molecule has 0 atom stereocenters. The van der Waals surface area contributed by atoms with E-state index in [2.05, 4.69) is 10.1 Å². The van der Waals surface area contributed by atoms with Crippen LogP contribution in [0.5, 0.6) is 0 Å². The van der Waals surface area contributed by atoms with Crippen LogP contribution in [-0.2, 0) is 14.8 Å². The molecule has 1 rings (SSSR count). The lowest BCUT2D eigenvalue weighted by Gasteiger charge is -2.20. The molecule has 0 aliphatic heterocycles. The van der Waals surface area contributed by atoms with Gasteiger partial charge < -0.3 is 9.64 Å². The van der Waals surface area contributed by atoms with E-state index in [1.54, 1.807) is 25.9 Å². The third-order valence-corrected chi connectivity index (χ3v) is 5.12. The van der Waals surface area contributed by atoms with Gasteiger partial charge in [-0.3, -0.25) is 0 Å². The first-order valence-corrected chi connectivity index (χ1v) is 9.06. The minimum atomic E-state index is -3.77. The fraction of sp³-hybridized carbons (Fsp3) is 0.769. The Balaban J connectivity index is 2.99. The fourth-order valence-electron chi connectivity index (χ4n) is 2.06. The maximum absolute atomic E-state index is 12.4. The van der Waals surface area contributed by atoms with Crippen LogP contribution in [0, 0.1) is 0 Å². The number of methoxy groups -OCH3 is 1. The van der Waals surface area contributed by atoms with Crippen LogP contribution in [0.15, 0.2) is 11.5 Å². The first-order chi connectivity index (χ1) is 10.9. The van der Waals surface area contributed by atoms with Crippen molar-refractivity contribution in [1.82, 2.24) is 24.0 Å². The van der Waals surface area contributed by atoms with Crippen molar-refractivity contribution >= 4 is 16.1 Å². The molecule has 0 spiro atoms. The molecule has 1 aromatic rings. The van der Waals surface area contributed by atoms with Crippen molar-refractivity contribution in [1.29, 1.82) is 0 Å². The highest BCUT2D eigenvalue weighted by atomic mass is 32.2. The second-order valence-corrected chi connectivity index (χ2v) is 6.66. The minimum absolute atomic E-state index is 0.317. The largest absolute Gasteiger partial charge is 0.383 e. The molecule has 0 bridgehead atoms. The van der Waals surface area contributed by atoms with Gasteiger partial charge in [-0.2, -0.15) is 8.99 Å². The van der Waals surface area contributed by atoms with E-state index in [1.165, 1.54) is 4.31 Å². The number of sulfonamides is 1. The molecule has 1 heterocycles. The number of hydrogen-bond acceptors (Lipinski definition) is 6. The van der Waals surface area contributed by atoms with E-state index < -0.39 is 16.1 Å². The Morgan fingerprint density at radius 2 is 1.91 bits per heavy atom. The highest BCUT2D eigenvalue weighted by Crippen LogP contribution is 2.10. The van der Waals surface area contributed by atoms with Gasteiger partial charge in [0.1, 0.15) is 6.33 Å². The maximum atomic E-state index is 12.4. The molecule has 0 aromatic carbocycles. The lowest BCUT2D eigenvalue weighted by atomic mass is 10.4. The summed E-state index contributed by atoms with van der Waals surface area (Å²) in [5.41, 5.74) is 0. The molecule has 0 saturated carbocycles. The molecule has 23 heavy (non-hydrogen) atoms. The lowest BCUT2D eigenvalue weighted by molar-refractivity contribution is 0.148. The number of carbonyl (C=O) groups is 1. The van der Waals surface area contributed by atoms with E-state index in [4.69, 9.17) is 4.74 Å². The maximum Gasteiger partial charge on any atom is 0.346 e. The zero-order valence-electron chi connectivity index (χ0n) is 14.1. The molecule has 0 aliphatic carbocycles. The number of nitrogens with zero attached hydrogens (tertiary/aromatic N) is 5. The topological polar surface area (TPSA) is 97.6 Å². The standard InChI is InChI=1S/C13H25N5O4S/c1-5-8-16(9-10-22-4)13(19)18-11-14-12(15-18)23(20,21)17(6-2)7-3/h11H,5-10H2,1-4H3. The van der Waals surface area contributed by atoms with Crippen LogP contribution in [0.3, 0.4) is 0 Å². The molecule has 132 valence electrons. The van der Waals surface area contributed by atoms with Crippen LogP contribution in [0.4, 0.5) is 4.79 Å². The van der Waals surface area contributed by atoms with Crippen LogP contribution in [-0.4, -0.2) is 78.3 Å². The van der Waals surface area contributed by atoms with Crippen molar-refractivity contribution in [3.05, 3.63) is 6.33 Å². The predicted molar refractivity (Wildman–Crippen MR) is 84.7 cm³/mol. The van der Waals surface area contributed by atoms with Crippen molar-refractivity contribution in [2.45, 2.75) is 32.3 Å². The summed E-state index contributed by atoms with van der Waals surface area (Å²) in [6.07, 6.45) is 1.91. The normalized spacial score (nSPS) is 11.9. The Morgan fingerprint density at radius 3 is 2.43 bits per heavy atom. The first-order valence-electron chi connectivity index (χ1n) is 7.62. The Hall–Kier alpha value is -1.52. The van der Waals surface area contributed by atoms with Crippen LogP contribution < -0.4 is 0 Å². The number of aromatic nitrogens is 3. The lowest BCUT2D eigenvalue weighted by Crippen LogP contribution is -2.38. The van der Waals surface area contributed by atoms with E-state index in [-0.39, 0.29) is 5.16 Å². The summed E-state index contributed by atoms with van der Waals surface area (Å²) in [6, 6.07) is -0.419. The molecule has 0 fully saturated rings. The number of ether oxygens (including phenoxy) is 1. The van der Waals surface area contributed by atoms with Crippen molar-refractivity contribution in [2.75, 3.05) is 39.9 Å². The van der Waals surface area contributed by atoms with E-state index >= 15 is 0 Å². The average Bonchev–Trinajstić information content (AvgIpc) is 3.02. The fourth-order valence-corrected chi connectivity index (χ4v) is 3.34. The number of carbonyl (C=O) groups excluding carboxylic acids is 1. The molecule has 1 amide bonds. The molecule has 0 saturated heterocycles. The molecule has 9 nitrogen and oxygen atoms in total. The van der Waals surface area contributed by atoms with Gasteiger partial charge in [-0.25, -0.2) is 18.2 Å². The summed E-state index contributed by atoms with van der Waals surface area (Å²) < 4.78 is 31.9. The first kappa shape index (κ1) is 19.5. The van der Waals surface area contributed by atoms with Crippen LogP contribution in [0.1, 0.15) is 27.2 Å². The van der Waals surface area contributed by atoms with Crippen molar-refractivity contribution < 1.29 is 17.9 Å². The van der Waals surface area contributed by atoms with Crippen LogP contribution in [0.2, 0.25) is 0 Å². The van der Waals surface area contributed by atoms with Gasteiger partial charge in [-0.1, -0.05) is 20.8 Å². The van der Waals surface area contributed by atoms with Crippen LogP contribution in [0.25, 0.3) is 0 Å². The molecule has 1 aromatic heterocycles. The number of amides is 1. The molecule has 0 N–H and O–H groups in total. The third kappa shape index (κ3) is 4.72. The number of hydrogen-bond donors (Lipinski definition) is 0. The molecule has 0 radical (unpaired) electrons. The van der Waals surface area contributed by atoms with E-state index in [1.807, 2.05) is 6.92 Å². The molecule has 0 aliphatic rings. The molecular formula is C13H25N5O4S. The monoisotopic (exact) mass is 347 g/mol. The second-order valence-electron chi connectivity index (χ2n) is 4.82. The average molecular weight is 347 g/mol. The second kappa shape index (κ2) is 8.94. The zero-order valence-corrected chi connectivity index (χ0v) is 14.9. The predicted octanol–water partition coefficient (Wildman–Crippen LogP) is 0.635.